The number of likely N-dealkylation sites (tertiary alicyclic amines) is 1. The molecule has 142 valence electrons. The molecule has 1 fully saturated rings. The van der Waals surface area contributed by atoms with Crippen LogP contribution in [0.25, 0.3) is 0 Å². The second-order valence-corrected chi connectivity index (χ2v) is 8.11. The molecule has 0 radical (unpaired) electrons. The van der Waals surface area contributed by atoms with E-state index in [0.29, 0.717) is 28.6 Å². The molecule has 2 aromatic rings. The van der Waals surface area contributed by atoms with Gasteiger partial charge in [0.15, 0.2) is 0 Å². The maximum Gasteiger partial charge on any atom is 0.407 e. The molecule has 0 spiro atoms. The maximum atomic E-state index is 12.6. The van der Waals surface area contributed by atoms with Gasteiger partial charge in [-0.05, 0) is 48.4 Å². The van der Waals surface area contributed by atoms with Crippen molar-refractivity contribution in [2.75, 3.05) is 13.1 Å². The third kappa shape index (κ3) is 4.75. The van der Waals surface area contributed by atoms with Crippen LogP contribution in [0.4, 0.5) is 4.79 Å². The van der Waals surface area contributed by atoms with E-state index >= 15 is 0 Å². The van der Waals surface area contributed by atoms with Crippen molar-refractivity contribution in [1.29, 1.82) is 0 Å². The fourth-order valence-corrected chi connectivity index (χ4v) is 3.80. The zero-order valence-electron chi connectivity index (χ0n) is 14.2. The SMILES string of the molecule is O=C(N[C@@H]1CCN(C(=O)O)C[C@H]1c1ccc(Cl)c(Cl)c1)c1ccc(Br)cc1. The topological polar surface area (TPSA) is 69.6 Å². The molecule has 1 aliphatic heterocycles. The van der Waals surface area contributed by atoms with Gasteiger partial charge in [-0.2, -0.15) is 0 Å². The number of nitrogens with one attached hydrogen (secondary N) is 1. The first-order chi connectivity index (χ1) is 12.8. The van der Waals surface area contributed by atoms with Crippen LogP contribution in [0, 0.1) is 0 Å². The van der Waals surface area contributed by atoms with Crippen LogP contribution < -0.4 is 5.32 Å². The van der Waals surface area contributed by atoms with Gasteiger partial charge < -0.3 is 15.3 Å². The molecule has 3 rings (SSSR count). The van der Waals surface area contributed by atoms with Gasteiger partial charge in [0.1, 0.15) is 0 Å². The summed E-state index contributed by atoms with van der Waals surface area (Å²) in [6.07, 6.45) is -0.461. The van der Waals surface area contributed by atoms with Gasteiger partial charge in [0.25, 0.3) is 5.91 Å². The van der Waals surface area contributed by atoms with E-state index in [1.807, 2.05) is 6.07 Å². The Labute approximate surface area is 175 Å². The van der Waals surface area contributed by atoms with E-state index < -0.39 is 6.09 Å². The van der Waals surface area contributed by atoms with Crippen LogP contribution in [0.1, 0.15) is 28.3 Å². The van der Waals surface area contributed by atoms with Crippen LogP contribution >= 0.6 is 39.1 Å². The summed E-state index contributed by atoms with van der Waals surface area (Å²) in [5.74, 6) is -0.412. The van der Waals surface area contributed by atoms with E-state index in [1.165, 1.54) is 4.90 Å². The number of rotatable bonds is 3. The average molecular weight is 472 g/mol. The number of carbonyl (C=O) groups excluding carboxylic acids is 1. The summed E-state index contributed by atoms with van der Waals surface area (Å²) in [6.45, 7) is 0.636. The number of piperidine rings is 1. The normalized spacial score (nSPS) is 19.6. The van der Waals surface area contributed by atoms with Crippen molar-refractivity contribution in [1.82, 2.24) is 10.2 Å². The number of amides is 2. The summed E-state index contributed by atoms with van der Waals surface area (Å²) in [7, 11) is 0. The molecular weight excluding hydrogens is 455 g/mol. The number of hydrogen-bond donors (Lipinski definition) is 2. The maximum absolute atomic E-state index is 12.6. The van der Waals surface area contributed by atoms with Crippen LogP contribution in [0.2, 0.25) is 10.0 Å². The van der Waals surface area contributed by atoms with Crippen LogP contribution in [-0.4, -0.2) is 41.1 Å². The van der Waals surface area contributed by atoms with Gasteiger partial charge in [0, 0.05) is 35.1 Å². The van der Waals surface area contributed by atoms with Crippen molar-refractivity contribution in [3.63, 3.8) is 0 Å². The van der Waals surface area contributed by atoms with Gasteiger partial charge in [-0.3, -0.25) is 4.79 Å². The molecule has 1 saturated heterocycles. The summed E-state index contributed by atoms with van der Waals surface area (Å²) in [6, 6.07) is 12.1. The monoisotopic (exact) mass is 470 g/mol. The molecule has 2 N–H and O–H groups in total. The fourth-order valence-electron chi connectivity index (χ4n) is 3.23. The summed E-state index contributed by atoms with van der Waals surface area (Å²) in [4.78, 5) is 25.4. The molecule has 1 heterocycles. The van der Waals surface area contributed by atoms with Crippen LogP contribution in [0.3, 0.4) is 0 Å². The number of carbonyl (C=O) groups is 2. The summed E-state index contributed by atoms with van der Waals surface area (Å²) in [5.41, 5.74) is 1.39. The van der Waals surface area contributed by atoms with E-state index in [9.17, 15) is 14.7 Å². The molecule has 2 atom stereocenters. The zero-order valence-corrected chi connectivity index (χ0v) is 17.3. The Morgan fingerprint density at radius 2 is 1.81 bits per heavy atom. The van der Waals surface area contributed by atoms with Crippen molar-refractivity contribution in [2.24, 2.45) is 0 Å². The Hall–Kier alpha value is -1.76. The van der Waals surface area contributed by atoms with Crippen LogP contribution in [0.15, 0.2) is 46.9 Å². The summed E-state index contributed by atoms with van der Waals surface area (Å²) < 4.78 is 0.891. The lowest BCUT2D eigenvalue weighted by molar-refractivity contribution is 0.0888. The molecule has 5 nitrogen and oxygen atoms in total. The largest absolute Gasteiger partial charge is 0.465 e. The van der Waals surface area contributed by atoms with Gasteiger partial charge in [0.05, 0.1) is 10.0 Å². The van der Waals surface area contributed by atoms with Crippen molar-refractivity contribution < 1.29 is 14.7 Å². The highest BCUT2D eigenvalue weighted by Gasteiger charge is 2.33. The average Bonchev–Trinajstić information content (AvgIpc) is 2.64. The van der Waals surface area contributed by atoms with Crippen LogP contribution in [-0.2, 0) is 0 Å². The second-order valence-electron chi connectivity index (χ2n) is 6.38. The molecule has 0 saturated carbocycles. The predicted molar refractivity (Wildman–Crippen MR) is 109 cm³/mol. The van der Waals surface area contributed by atoms with Gasteiger partial charge in [0.2, 0.25) is 0 Å². The minimum atomic E-state index is -0.974. The Bertz CT molecular complexity index is 861. The Kier molecular flexibility index (Phi) is 6.29. The van der Waals surface area contributed by atoms with Crippen molar-refractivity contribution in [3.8, 4) is 0 Å². The minimum absolute atomic E-state index is 0.193. The lowest BCUT2D eigenvalue weighted by Gasteiger charge is -2.38. The first kappa shape index (κ1) is 20.0. The van der Waals surface area contributed by atoms with Crippen molar-refractivity contribution in [3.05, 3.63) is 68.1 Å². The van der Waals surface area contributed by atoms with Gasteiger partial charge >= 0.3 is 6.09 Å². The summed E-state index contributed by atoms with van der Waals surface area (Å²) in [5, 5.41) is 13.2. The van der Waals surface area contributed by atoms with E-state index in [0.717, 1.165) is 10.0 Å². The first-order valence-corrected chi connectivity index (χ1v) is 9.89. The van der Waals surface area contributed by atoms with Crippen LogP contribution in [0.5, 0.6) is 0 Å². The highest BCUT2D eigenvalue weighted by atomic mass is 79.9. The van der Waals surface area contributed by atoms with E-state index in [-0.39, 0.29) is 24.4 Å². The Morgan fingerprint density at radius 3 is 2.44 bits per heavy atom. The molecule has 2 aromatic carbocycles. The highest BCUT2D eigenvalue weighted by molar-refractivity contribution is 9.10. The molecule has 8 heteroatoms. The van der Waals surface area contributed by atoms with Gasteiger partial charge in [-0.15, -0.1) is 0 Å². The van der Waals surface area contributed by atoms with E-state index in [4.69, 9.17) is 23.2 Å². The predicted octanol–water partition coefficient (Wildman–Crippen LogP) is 5.02. The molecule has 0 aliphatic carbocycles. The molecular formula is C19H17BrCl2N2O3. The lowest BCUT2D eigenvalue weighted by atomic mass is 9.86. The quantitative estimate of drug-likeness (QED) is 0.660. The number of hydrogen-bond acceptors (Lipinski definition) is 2. The zero-order chi connectivity index (χ0) is 19.6. The Balaban J connectivity index is 1.84. The lowest BCUT2D eigenvalue weighted by Crippen LogP contribution is -2.51. The van der Waals surface area contributed by atoms with E-state index in [1.54, 1.807) is 36.4 Å². The third-order valence-electron chi connectivity index (χ3n) is 4.68. The first-order valence-electron chi connectivity index (χ1n) is 8.34. The molecule has 0 aromatic heterocycles. The smallest absolute Gasteiger partial charge is 0.407 e. The van der Waals surface area contributed by atoms with E-state index in [2.05, 4.69) is 21.2 Å². The highest BCUT2D eigenvalue weighted by Crippen LogP contribution is 2.32. The van der Waals surface area contributed by atoms with Crippen molar-refractivity contribution >= 4 is 51.1 Å². The standard InChI is InChI=1S/C19H17BrCl2N2O3/c20-13-4-1-11(2-5-13)18(25)23-17-7-8-24(19(26)27)10-14(17)12-3-6-15(21)16(22)9-12/h1-6,9,14,17H,7-8,10H2,(H,23,25)(H,26,27)/t14-,17+/m0/s1. The number of carboxylic acid groups (broad SMARTS) is 1. The summed E-state index contributed by atoms with van der Waals surface area (Å²) >= 11 is 15.5. The number of halogens is 3. The molecule has 1 aliphatic rings. The number of nitrogens with zero attached hydrogens (tertiary/aromatic N) is 1. The minimum Gasteiger partial charge on any atom is -0.465 e. The number of benzene rings is 2. The molecule has 0 bridgehead atoms. The Morgan fingerprint density at radius 1 is 1.11 bits per heavy atom. The van der Waals surface area contributed by atoms with Gasteiger partial charge in [-0.25, -0.2) is 4.79 Å². The second kappa shape index (κ2) is 8.50. The molecule has 27 heavy (non-hydrogen) atoms. The molecule has 0 unspecified atom stereocenters. The van der Waals surface area contributed by atoms with Gasteiger partial charge in [-0.1, -0.05) is 45.2 Å². The fraction of sp³-hybridized carbons (Fsp3) is 0.263. The third-order valence-corrected chi connectivity index (χ3v) is 5.95. The molecule has 2 amide bonds. The van der Waals surface area contributed by atoms with Crippen molar-refractivity contribution in [2.45, 2.75) is 18.4 Å².